The minimum Gasteiger partial charge on any atom is -0.462 e. The molecule has 0 bridgehead atoms. The number of allylic oxidation sites excluding steroid dienone is 1. The van der Waals surface area contributed by atoms with Crippen molar-refractivity contribution in [3.05, 3.63) is 23.3 Å². The van der Waals surface area contributed by atoms with Gasteiger partial charge in [0.2, 0.25) is 0 Å². The van der Waals surface area contributed by atoms with Gasteiger partial charge in [-0.15, -0.1) is 0 Å². The van der Waals surface area contributed by atoms with Crippen LogP contribution in [0.15, 0.2) is 23.3 Å². The van der Waals surface area contributed by atoms with E-state index in [9.17, 15) is 19.2 Å². The Bertz CT molecular complexity index is 1290. The lowest BCUT2D eigenvalue weighted by atomic mass is 9.44. The maximum absolute atomic E-state index is 13.2. The van der Waals surface area contributed by atoms with Crippen molar-refractivity contribution >= 4 is 23.9 Å². The second-order valence-corrected chi connectivity index (χ2v) is 14.9. The molecule has 0 N–H and O–H groups in total. The second kappa shape index (κ2) is 9.41. The molecule has 0 amide bonds. The Hall–Kier alpha value is -2.68. The number of hydrogen-bond donors (Lipinski definition) is 0. The maximum atomic E-state index is 13.2. The van der Waals surface area contributed by atoms with Gasteiger partial charge in [-0.05, 0) is 70.8 Å². The highest BCUT2D eigenvalue weighted by Crippen LogP contribution is 2.68. The molecule has 9 heteroatoms. The molecule has 3 aliphatic carbocycles. The van der Waals surface area contributed by atoms with Crippen LogP contribution in [0.4, 0.5) is 0 Å². The molecular weight excluding hydrogens is 540 g/mol. The SMILES string of the molecule is CC(=O)O[C@H]1CC(=O)OC(C)(C)[C@@H]2C[C@@H](OC(C)=O)[C@H]3C4=CC[C@@H](C5=CC(C6OC6(C)C)OC5=O)[C@]4(C)CC[C@@H]3[C@@]12C. The summed E-state index contributed by atoms with van der Waals surface area (Å²) in [5.74, 6) is -1.95. The number of rotatable bonds is 4. The van der Waals surface area contributed by atoms with Crippen molar-refractivity contribution in [3.63, 3.8) is 0 Å². The first-order valence-electron chi connectivity index (χ1n) is 15.4. The van der Waals surface area contributed by atoms with Crippen molar-refractivity contribution in [1.29, 1.82) is 0 Å². The Labute approximate surface area is 247 Å². The molecule has 2 unspecified atom stereocenters. The van der Waals surface area contributed by atoms with E-state index in [0.29, 0.717) is 18.4 Å². The van der Waals surface area contributed by atoms with Crippen LogP contribution in [0.25, 0.3) is 0 Å². The van der Waals surface area contributed by atoms with Crippen molar-refractivity contribution in [2.75, 3.05) is 0 Å². The zero-order valence-corrected chi connectivity index (χ0v) is 26.0. The predicted octanol–water partition coefficient (Wildman–Crippen LogP) is 4.61. The Morgan fingerprint density at radius 3 is 2.26 bits per heavy atom. The van der Waals surface area contributed by atoms with Crippen molar-refractivity contribution < 1.29 is 42.9 Å². The summed E-state index contributed by atoms with van der Waals surface area (Å²) >= 11 is 0. The lowest BCUT2D eigenvalue weighted by Gasteiger charge is -2.61. The molecule has 0 spiro atoms. The highest BCUT2D eigenvalue weighted by atomic mass is 16.6. The monoisotopic (exact) mass is 584 g/mol. The summed E-state index contributed by atoms with van der Waals surface area (Å²) in [5, 5.41) is 0. The van der Waals surface area contributed by atoms with Gasteiger partial charge in [0.25, 0.3) is 0 Å². The Morgan fingerprint density at radius 1 is 0.976 bits per heavy atom. The first-order chi connectivity index (χ1) is 19.5. The number of ether oxygens (including phenoxy) is 5. The van der Waals surface area contributed by atoms with E-state index in [1.807, 2.05) is 33.8 Å². The van der Waals surface area contributed by atoms with Gasteiger partial charge in [-0.25, -0.2) is 4.79 Å². The van der Waals surface area contributed by atoms with Gasteiger partial charge in [-0.3, -0.25) is 14.4 Å². The van der Waals surface area contributed by atoms with Crippen LogP contribution in [-0.2, 0) is 42.9 Å². The average Bonchev–Trinajstić information content (AvgIpc) is 3.17. The van der Waals surface area contributed by atoms with Crippen LogP contribution in [0.2, 0.25) is 0 Å². The normalized spacial score (nSPS) is 44.7. The molecule has 4 fully saturated rings. The summed E-state index contributed by atoms with van der Waals surface area (Å²) in [6, 6.07) is 0. The molecular formula is C33H44O9. The number of carbonyl (C=O) groups is 4. The van der Waals surface area contributed by atoms with Crippen LogP contribution in [0.1, 0.15) is 87.5 Å². The molecule has 0 aromatic rings. The number of cyclic esters (lactones) is 2. The summed E-state index contributed by atoms with van der Waals surface area (Å²) in [4.78, 5) is 51.0. The number of fused-ring (bicyclic) bond motifs is 5. The van der Waals surface area contributed by atoms with Crippen LogP contribution < -0.4 is 0 Å². The molecule has 0 aromatic carbocycles. The number of hydrogen-bond acceptors (Lipinski definition) is 9. The van der Waals surface area contributed by atoms with E-state index >= 15 is 0 Å². The summed E-state index contributed by atoms with van der Waals surface area (Å²) in [7, 11) is 0. The third-order valence-electron chi connectivity index (χ3n) is 11.6. The summed E-state index contributed by atoms with van der Waals surface area (Å²) in [5.41, 5.74) is -0.232. The quantitative estimate of drug-likeness (QED) is 0.202. The molecule has 2 saturated heterocycles. The third kappa shape index (κ3) is 4.36. The standard InChI is InChI=1S/C33H44O9/c1-16(34)38-22-14-24-30(3,4)41-26(36)15-25(39-17(2)35)33(24,8)21-11-12-32(7)19(9-10-20(32)27(21)22)18-13-23(40-29(18)37)28-31(5,6)42-28/h10,13,19,21-25,27-28H,9,11-12,14-15H2,1-8H3/t19-,21-,22+,23?,24-,25-,27-,28?,32-,33+/m0/s1. The smallest absolute Gasteiger partial charge is 0.334 e. The van der Waals surface area contributed by atoms with Crippen LogP contribution in [-0.4, -0.2) is 59.5 Å². The molecule has 0 radical (unpaired) electrons. The van der Waals surface area contributed by atoms with Crippen molar-refractivity contribution in [2.24, 2.45) is 34.5 Å². The lowest BCUT2D eigenvalue weighted by Crippen LogP contribution is -2.63. The fourth-order valence-electron chi connectivity index (χ4n) is 9.76. The fraction of sp³-hybridized carbons (Fsp3) is 0.758. The van der Waals surface area contributed by atoms with Gasteiger partial charge in [0.05, 0.1) is 12.0 Å². The maximum Gasteiger partial charge on any atom is 0.334 e. The lowest BCUT2D eigenvalue weighted by molar-refractivity contribution is -0.205. The fourth-order valence-corrected chi connectivity index (χ4v) is 9.76. The third-order valence-corrected chi connectivity index (χ3v) is 11.6. The number of carbonyl (C=O) groups excluding carboxylic acids is 4. The van der Waals surface area contributed by atoms with Gasteiger partial charge in [0, 0.05) is 42.6 Å². The molecule has 0 aromatic heterocycles. The van der Waals surface area contributed by atoms with Crippen LogP contribution in [0.3, 0.4) is 0 Å². The first-order valence-corrected chi connectivity index (χ1v) is 15.4. The largest absolute Gasteiger partial charge is 0.462 e. The van der Waals surface area contributed by atoms with Gasteiger partial charge in [-0.2, -0.15) is 0 Å². The van der Waals surface area contributed by atoms with Gasteiger partial charge >= 0.3 is 23.9 Å². The van der Waals surface area contributed by atoms with E-state index in [1.54, 1.807) is 0 Å². The summed E-state index contributed by atoms with van der Waals surface area (Å²) in [6.07, 6.45) is 5.26. The molecule has 9 nitrogen and oxygen atoms in total. The van der Waals surface area contributed by atoms with Crippen molar-refractivity contribution in [3.8, 4) is 0 Å². The molecule has 230 valence electrons. The van der Waals surface area contributed by atoms with Gasteiger partial charge in [0.1, 0.15) is 23.9 Å². The van der Waals surface area contributed by atoms with Gasteiger partial charge in [0.15, 0.2) is 6.10 Å². The van der Waals surface area contributed by atoms with Crippen LogP contribution in [0.5, 0.6) is 0 Å². The Kier molecular flexibility index (Phi) is 6.58. The topological polar surface area (TPSA) is 118 Å². The van der Waals surface area contributed by atoms with Crippen LogP contribution in [0, 0.1) is 34.5 Å². The zero-order chi connectivity index (χ0) is 30.6. The van der Waals surface area contributed by atoms with Crippen molar-refractivity contribution in [1.82, 2.24) is 0 Å². The highest BCUT2D eigenvalue weighted by molar-refractivity contribution is 5.92. The Balaban J connectivity index is 1.40. The Morgan fingerprint density at radius 2 is 1.64 bits per heavy atom. The highest BCUT2D eigenvalue weighted by Gasteiger charge is 2.68. The van der Waals surface area contributed by atoms with Crippen LogP contribution >= 0.6 is 0 Å². The van der Waals surface area contributed by atoms with E-state index in [1.165, 1.54) is 19.4 Å². The summed E-state index contributed by atoms with van der Waals surface area (Å²) < 4.78 is 29.6. The van der Waals surface area contributed by atoms with E-state index < -0.39 is 35.2 Å². The van der Waals surface area contributed by atoms with E-state index in [0.717, 1.165) is 12.8 Å². The van der Waals surface area contributed by atoms with Gasteiger partial charge in [-0.1, -0.05) is 25.5 Å². The minimum atomic E-state index is -0.858. The zero-order valence-electron chi connectivity index (χ0n) is 26.0. The molecule has 10 atom stereocenters. The molecule has 6 aliphatic rings. The number of epoxide rings is 1. The second-order valence-electron chi connectivity index (χ2n) is 14.9. The molecule has 2 saturated carbocycles. The predicted molar refractivity (Wildman–Crippen MR) is 150 cm³/mol. The molecule has 42 heavy (non-hydrogen) atoms. The molecule has 3 aliphatic heterocycles. The van der Waals surface area contributed by atoms with E-state index in [-0.39, 0.29) is 65.3 Å². The molecule has 6 rings (SSSR count). The minimum absolute atomic E-state index is 0.0178. The molecule has 3 heterocycles. The van der Waals surface area contributed by atoms with Crippen molar-refractivity contribution in [2.45, 2.75) is 123 Å². The van der Waals surface area contributed by atoms with E-state index in [4.69, 9.17) is 23.7 Å². The first kappa shape index (κ1) is 29.4. The van der Waals surface area contributed by atoms with Gasteiger partial charge < -0.3 is 23.7 Å². The average molecular weight is 585 g/mol. The van der Waals surface area contributed by atoms with E-state index in [2.05, 4.69) is 19.9 Å². The summed E-state index contributed by atoms with van der Waals surface area (Å²) in [6.45, 7) is 15.0. The number of esters is 4.